The maximum Gasteiger partial charge on any atom is 0.418 e. The highest BCUT2D eigenvalue weighted by atomic mass is 19.4. The molecule has 0 aliphatic rings. The normalized spacial score (nSPS) is 11.5. The molecule has 4 nitrogen and oxygen atoms in total. The first-order valence-electron chi connectivity index (χ1n) is 11.1. The Morgan fingerprint density at radius 1 is 0.971 bits per heavy atom. The molecule has 0 spiro atoms. The van der Waals surface area contributed by atoms with Crippen molar-refractivity contribution < 1.29 is 27.4 Å². The molecule has 0 saturated heterocycles. The summed E-state index contributed by atoms with van der Waals surface area (Å²) in [4.78, 5) is 15.5. The van der Waals surface area contributed by atoms with E-state index in [1.54, 1.807) is 6.07 Å². The molecule has 180 valence electrons. The maximum absolute atomic E-state index is 13.5. The largest absolute Gasteiger partial charge is 0.489 e. The van der Waals surface area contributed by atoms with Crippen molar-refractivity contribution >= 4 is 16.9 Å². The number of aryl methyl sites for hydroxylation is 2. The number of fused-ring (bicyclic) bond motifs is 1. The molecule has 35 heavy (non-hydrogen) atoms. The van der Waals surface area contributed by atoms with Crippen molar-refractivity contribution in [1.29, 1.82) is 0 Å². The van der Waals surface area contributed by atoms with Crippen LogP contribution in [0, 0.1) is 6.92 Å². The highest BCUT2D eigenvalue weighted by Gasteiger charge is 2.33. The van der Waals surface area contributed by atoms with Gasteiger partial charge in [-0.15, -0.1) is 0 Å². The predicted octanol–water partition coefficient (Wildman–Crippen LogP) is 6.91. The summed E-state index contributed by atoms with van der Waals surface area (Å²) in [6.07, 6.45) is -2.14. The van der Waals surface area contributed by atoms with E-state index in [1.807, 2.05) is 55.5 Å². The number of hydrogen-bond acceptors (Lipinski definition) is 4. The highest BCUT2D eigenvalue weighted by molar-refractivity contribution is 5.97. The molecule has 0 N–H and O–H groups in total. The van der Waals surface area contributed by atoms with Crippen molar-refractivity contribution in [2.75, 3.05) is 7.11 Å². The van der Waals surface area contributed by atoms with Gasteiger partial charge in [-0.3, -0.25) is 9.78 Å². The van der Waals surface area contributed by atoms with Gasteiger partial charge in [-0.05, 0) is 59.4 Å². The summed E-state index contributed by atoms with van der Waals surface area (Å²) < 4.78 is 51.3. The van der Waals surface area contributed by atoms with Crippen LogP contribution in [0.15, 0.2) is 72.9 Å². The predicted molar refractivity (Wildman–Crippen MR) is 128 cm³/mol. The maximum atomic E-state index is 13.5. The molecule has 3 aromatic carbocycles. The number of pyridine rings is 1. The average Bonchev–Trinajstić information content (AvgIpc) is 2.85. The summed E-state index contributed by atoms with van der Waals surface area (Å²) in [5.74, 6) is 0.337. The third kappa shape index (κ3) is 5.62. The Kier molecular flexibility index (Phi) is 7.05. The molecule has 4 aromatic rings. The summed E-state index contributed by atoms with van der Waals surface area (Å²) in [5, 5.41) is 0.440. The Labute approximate surface area is 201 Å². The molecule has 7 heteroatoms. The highest BCUT2D eigenvalue weighted by Crippen LogP contribution is 2.38. The lowest BCUT2D eigenvalue weighted by molar-refractivity contribution is -0.140. The molecule has 4 rings (SSSR count). The molecule has 0 bridgehead atoms. The van der Waals surface area contributed by atoms with Crippen LogP contribution in [-0.2, 0) is 28.7 Å². The molecule has 0 fully saturated rings. The van der Waals surface area contributed by atoms with Crippen LogP contribution in [0.25, 0.3) is 22.0 Å². The Morgan fingerprint density at radius 2 is 1.71 bits per heavy atom. The molecule has 0 atom stereocenters. The summed E-state index contributed by atoms with van der Waals surface area (Å²) in [7, 11) is 1.37. The Bertz CT molecular complexity index is 1370. The van der Waals surface area contributed by atoms with Crippen molar-refractivity contribution in [2.24, 2.45) is 0 Å². The lowest BCUT2D eigenvalue weighted by Gasteiger charge is -2.15. The van der Waals surface area contributed by atoms with E-state index in [9.17, 15) is 18.0 Å². The zero-order chi connectivity index (χ0) is 25.0. The number of benzene rings is 3. The fourth-order valence-electron chi connectivity index (χ4n) is 4.07. The zero-order valence-electron chi connectivity index (χ0n) is 19.4. The van der Waals surface area contributed by atoms with E-state index in [1.165, 1.54) is 19.4 Å². The first-order valence-corrected chi connectivity index (χ1v) is 11.1. The SMILES string of the molecule is COC(=O)CCc1cccc(COc2cccc(-c3c(C)cnc4c(C(F)(F)F)cccc34)c2)c1. The van der Waals surface area contributed by atoms with Crippen LogP contribution in [0.4, 0.5) is 13.2 Å². The Balaban J connectivity index is 1.59. The number of esters is 1. The zero-order valence-corrected chi connectivity index (χ0v) is 19.4. The monoisotopic (exact) mass is 479 g/mol. The standard InChI is InChI=1S/C28H24F3NO3/c1-18-16-32-27-23(10-5-11-24(27)28(29,30)31)26(18)21-8-4-9-22(15-21)35-17-20-7-3-6-19(14-20)12-13-25(33)34-2/h3-11,14-16H,12-13,17H2,1-2H3. The molecule has 0 unspecified atom stereocenters. The van der Waals surface area contributed by atoms with E-state index < -0.39 is 11.7 Å². The van der Waals surface area contributed by atoms with Gasteiger partial charge < -0.3 is 9.47 Å². The molecular formula is C28H24F3NO3. The number of carbonyl (C=O) groups excluding carboxylic acids is 1. The number of methoxy groups -OCH3 is 1. The minimum absolute atomic E-state index is 0.0734. The quantitative estimate of drug-likeness (QED) is 0.270. The molecule has 0 saturated carbocycles. The number of nitrogens with zero attached hydrogens (tertiary/aromatic N) is 1. The number of alkyl halides is 3. The van der Waals surface area contributed by atoms with Crippen LogP contribution in [0.5, 0.6) is 5.75 Å². The van der Waals surface area contributed by atoms with Gasteiger partial charge in [-0.2, -0.15) is 13.2 Å². The third-order valence-corrected chi connectivity index (χ3v) is 5.76. The second kappa shape index (κ2) is 10.2. The van der Waals surface area contributed by atoms with Crippen molar-refractivity contribution in [2.45, 2.75) is 32.5 Å². The number of hydrogen-bond donors (Lipinski definition) is 0. The van der Waals surface area contributed by atoms with Crippen LogP contribution in [0.3, 0.4) is 0 Å². The van der Waals surface area contributed by atoms with Crippen LogP contribution >= 0.6 is 0 Å². The van der Waals surface area contributed by atoms with Crippen LogP contribution < -0.4 is 4.74 Å². The number of rotatable bonds is 7. The van der Waals surface area contributed by atoms with E-state index >= 15 is 0 Å². The molecule has 0 aliphatic heterocycles. The lowest BCUT2D eigenvalue weighted by atomic mass is 9.95. The van der Waals surface area contributed by atoms with Gasteiger partial charge in [-0.25, -0.2) is 0 Å². The van der Waals surface area contributed by atoms with Gasteiger partial charge in [0.25, 0.3) is 0 Å². The summed E-state index contributed by atoms with van der Waals surface area (Å²) in [5.41, 5.74) is 3.33. The fraction of sp³-hybridized carbons (Fsp3) is 0.214. The first-order chi connectivity index (χ1) is 16.8. The first kappa shape index (κ1) is 24.3. The smallest absolute Gasteiger partial charge is 0.418 e. The summed E-state index contributed by atoms with van der Waals surface area (Å²) in [6, 6.07) is 19.2. The third-order valence-electron chi connectivity index (χ3n) is 5.76. The number of carbonyl (C=O) groups is 1. The minimum atomic E-state index is -4.49. The van der Waals surface area contributed by atoms with E-state index in [-0.39, 0.29) is 11.5 Å². The van der Waals surface area contributed by atoms with Gasteiger partial charge in [0.15, 0.2) is 0 Å². The second-order valence-corrected chi connectivity index (χ2v) is 8.23. The minimum Gasteiger partial charge on any atom is -0.489 e. The van der Waals surface area contributed by atoms with Crippen LogP contribution in [0.1, 0.15) is 28.7 Å². The Morgan fingerprint density at radius 3 is 2.49 bits per heavy atom. The van der Waals surface area contributed by atoms with Crippen molar-refractivity contribution in [3.8, 4) is 16.9 Å². The van der Waals surface area contributed by atoms with Gasteiger partial charge >= 0.3 is 12.1 Å². The van der Waals surface area contributed by atoms with E-state index in [2.05, 4.69) is 4.98 Å². The second-order valence-electron chi connectivity index (χ2n) is 8.23. The summed E-state index contributed by atoms with van der Waals surface area (Å²) in [6.45, 7) is 2.14. The Hall–Kier alpha value is -3.87. The van der Waals surface area contributed by atoms with Crippen LogP contribution in [-0.4, -0.2) is 18.1 Å². The number of para-hydroxylation sites is 1. The average molecular weight is 479 g/mol. The molecular weight excluding hydrogens is 455 g/mol. The molecule has 1 heterocycles. The number of ether oxygens (including phenoxy) is 2. The molecule has 0 amide bonds. The molecule has 0 radical (unpaired) electrons. The van der Waals surface area contributed by atoms with Gasteiger partial charge in [0.1, 0.15) is 12.4 Å². The lowest BCUT2D eigenvalue weighted by Crippen LogP contribution is -2.07. The van der Waals surface area contributed by atoms with Crippen molar-refractivity contribution in [3.05, 3.63) is 95.2 Å². The summed E-state index contributed by atoms with van der Waals surface area (Å²) >= 11 is 0. The fourth-order valence-corrected chi connectivity index (χ4v) is 4.07. The van der Waals surface area contributed by atoms with E-state index in [4.69, 9.17) is 9.47 Å². The number of halogens is 3. The van der Waals surface area contributed by atoms with Gasteiger partial charge in [0, 0.05) is 18.0 Å². The van der Waals surface area contributed by atoms with E-state index in [0.717, 1.165) is 28.3 Å². The van der Waals surface area contributed by atoms with E-state index in [0.29, 0.717) is 36.1 Å². The van der Waals surface area contributed by atoms with Gasteiger partial charge in [0.05, 0.1) is 18.2 Å². The van der Waals surface area contributed by atoms with Gasteiger partial charge in [0.2, 0.25) is 0 Å². The van der Waals surface area contributed by atoms with Gasteiger partial charge in [-0.1, -0.05) is 48.5 Å². The number of aromatic nitrogens is 1. The topological polar surface area (TPSA) is 48.4 Å². The molecule has 1 aromatic heterocycles. The van der Waals surface area contributed by atoms with Crippen LogP contribution in [0.2, 0.25) is 0 Å². The van der Waals surface area contributed by atoms with Crippen molar-refractivity contribution in [1.82, 2.24) is 4.98 Å². The van der Waals surface area contributed by atoms with Crippen molar-refractivity contribution in [3.63, 3.8) is 0 Å². The molecule has 0 aliphatic carbocycles.